The van der Waals surface area contributed by atoms with E-state index in [1.807, 2.05) is 18.2 Å². The monoisotopic (exact) mass is 307 g/mol. The second kappa shape index (κ2) is 5.77. The number of benzene rings is 1. The zero-order chi connectivity index (χ0) is 15.6. The van der Waals surface area contributed by atoms with Crippen LogP contribution in [0.2, 0.25) is 5.02 Å². The summed E-state index contributed by atoms with van der Waals surface area (Å²) in [7, 11) is 1.60. The molecule has 1 aromatic carbocycles. The van der Waals surface area contributed by atoms with Crippen molar-refractivity contribution in [3.63, 3.8) is 0 Å². The van der Waals surface area contributed by atoms with Crippen LogP contribution >= 0.6 is 11.6 Å². The van der Waals surface area contributed by atoms with Gasteiger partial charge in [-0.2, -0.15) is 0 Å². The number of fused-ring (bicyclic) bond motifs is 1. The summed E-state index contributed by atoms with van der Waals surface area (Å²) in [6.07, 6.45) is 1.58. The molecule has 2 aromatic rings. The van der Waals surface area contributed by atoms with Crippen molar-refractivity contribution in [3.8, 4) is 5.75 Å². The average Bonchev–Trinajstić information content (AvgIpc) is 2.45. The van der Waals surface area contributed by atoms with E-state index in [2.05, 4.69) is 10.3 Å². The van der Waals surface area contributed by atoms with E-state index in [-0.39, 0.29) is 5.91 Å². The Bertz CT molecular complexity index is 686. The maximum atomic E-state index is 11.4. The van der Waals surface area contributed by atoms with Crippen LogP contribution in [0.15, 0.2) is 24.4 Å². The number of hydrogen-bond donors (Lipinski definition) is 2. The lowest BCUT2D eigenvalue weighted by atomic mass is 9.92. The summed E-state index contributed by atoms with van der Waals surface area (Å²) in [4.78, 5) is 15.7. The van der Waals surface area contributed by atoms with E-state index in [1.54, 1.807) is 27.2 Å². The molecule has 0 saturated heterocycles. The zero-order valence-corrected chi connectivity index (χ0v) is 13.0. The molecule has 6 heteroatoms. The summed E-state index contributed by atoms with van der Waals surface area (Å²) in [5.74, 6) is 0.339. The SMILES string of the molecule is COc1ccc2ncc(Cl)c(NCC(C)(C)C(N)=O)c2c1. The van der Waals surface area contributed by atoms with Crippen molar-refractivity contribution in [2.24, 2.45) is 11.1 Å². The molecule has 0 aliphatic carbocycles. The number of primary amides is 1. The Morgan fingerprint density at radius 3 is 2.81 bits per heavy atom. The van der Waals surface area contributed by atoms with E-state index in [4.69, 9.17) is 22.1 Å². The van der Waals surface area contributed by atoms with Crippen molar-refractivity contribution in [1.82, 2.24) is 4.98 Å². The topological polar surface area (TPSA) is 77.2 Å². The van der Waals surface area contributed by atoms with Crippen molar-refractivity contribution in [3.05, 3.63) is 29.4 Å². The molecule has 0 spiro atoms. The fourth-order valence-electron chi connectivity index (χ4n) is 1.85. The van der Waals surface area contributed by atoms with E-state index in [1.165, 1.54) is 0 Å². The lowest BCUT2D eigenvalue weighted by Gasteiger charge is -2.22. The lowest BCUT2D eigenvalue weighted by molar-refractivity contribution is -0.125. The molecule has 1 amide bonds. The normalized spacial score (nSPS) is 11.4. The summed E-state index contributed by atoms with van der Waals surface area (Å²) >= 11 is 6.23. The number of methoxy groups -OCH3 is 1. The number of pyridine rings is 1. The molecule has 112 valence electrons. The highest BCUT2D eigenvalue weighted by Gasteiger charge is 2.25. The molecule has 1 aromatic heterocycles. The summed E-state index contributed by atoms with van der Waals surface area (Å²) in [6.45, 7) is 3.93. The number of ether oxygens (including phenoxy) is 1. The molecule has 0 radical (unpaired) electrons. The minimum Gasteiger partial charge on any atom is -0.497 e. The molecule has 1 heterocycles. The van der Waals surface area contributed by atoms with Crippen LogP contribution in [-0.4, -0.2) is 24.5 Å². The number of nitrogens with one attached hydrogen (secondary N) is 1. The zero-order valence-electron chi connectivity index (χ0n) is 12.2. The van der Waals surface area contributed by atoms with E-state index in [9.17, 15) is 4.79 Å². The molecule has 21 heavy (non-hydrogen) atoms. The Kier molecular flexibility index (Phi) is 4.23. The number of nitrogens with zero attached hydrogens (tertiary/aromatic N) is 1. The predicted octanol–water partition coefficient (Wildman–Crippen LogP) is 2.82. The molecule has 0 aliphatic rings. The number of rotatable bonds is 5. The Morgan fingerprint density at radius 1 is 1.48 bits per heavy atom. The second-order valence-electron chi connectivity index (χ2n) is 5.47. The Hall–Kier alpha value is -2.01. The minimum atomic E-state index is -0.683. The van der Waals surface area contributed by atoms with E-state index in [0.717, 1.165) is 16.6 Å². The Balaban J connectivity index is 2.42. The highest BCUT2D eigenvalue weighted by molar-refractivity contribution is 6.34. The van der Waals surface area contributed by atoms with Gasteiger partial charge in [-0.3, -0.25) is 9.78 Å². The van der Waals surface area contributed by atoms with Gasteiger partial charge in [-0.25, -0.2) is 0 Å². The van der Waals surface area contributed by atoms with Crippen LogP contribution in [0.4, 0.5) is 5.69 Å². The van der Waals surface area contributed by atoms with Crippen LogP contribution in [0.1, 0.15) is 13.8 Å². The number of carbonyl (C=O) groups is 1. The minimum absolute atomic E-state index is 0.373. The molecular formula is C15H18ClN3O2. The smallest absolute Gasteiger partial charge is 0.224 e. The molecule has 0 aliphatic heterocycles. The summed E-state index contributed by atoms with van der Waals surface area (Å²) in [5, 5.41) is 4.52. The van der Waals surface area contributed by atoms with Gasteiger partial charge in [0.25, 0.3) is 0 Å². The Labute approximate surface area is 128 Å². The molecule has 3 N–H and O–H groups in total. The lowest BCUT2D eigenvalue weighted by Crippen LogP contribution is -2.37. The van der Waals surface area contributed by atoms with Crippen molar-refractivity contribution in [1.29, 1.82) is 0 Å². The third-order valence-electron chi connectivity index (χ3n) is 3.40. The van der Waals surface area contributed by atoms with Gasteiger partial charge in [0, 0.05) is 18.1 Å². The van der Waals surface area contributed by atoms with Gasteiger partial charge >= 0.3 is 0 Å². The maximum absolute atomic E-state index is 11.4. The van der Waals surface area contributed by atoms with Crippen LogP contribution < -0.4 is 15.8 Å². The predicted molar refractivity (Wildman–Crippen MR) is 84.8 cm³/mol. The van der Waals surface area contributed by atoms with Crippen molar-refractivity contribution in [2.45, 2.75) is 13.8 Å². The van der Waals surface area contributed by atoms with Crippen LogP contribution in [-0.2, 0) is 4.79 Å². The molecule has 0 unspecified atom stereocenters. The van der Waals surface area contributed by atoms with Gasteiger partial charge in [0.2, 0.25) is 5.91 Å². The summed E-state index contributed by atoms with van der Waals surface area (Å²) in [6, 6.07) is 5.54. The van der Waals surface area contributed by atoms with Crippen molar-refractivity contribution in [2.75, 3.05) is 19.0 Å². The van der Waals surface area contributed by atoms with Gasteiger partial charge in [0.05, 0.1) is 28.8 Å². The molecule has 0 bridgehead atoms. The van der Waals surface area contributed by atoms with E-state index >= 15 is 0 Å². The van der Waals surface area contributed by atoms with Gasteiger partial charge in [-0.05, 0) is 32.0 Å². The number of amides is 1. The van der Waals surface area contributed by atoms with Gasteiger partial charge in [-0.1, -0.05) is 11.6 Å². The third-order valence-corrected chi connectivity index (χ3v) is 3.69. The number of aromatic nitrogens is 1. The van der Waals surface area contributed by atoms with E-state index in [0.29, 0.717) is 17.3 Å². The highest BCUT2D eigenvalue weighted by Crippen LogP contribution is 2.32. The average molecular weight is 308 g/mol. The fraction of sp³-hybridized carbons (Fsp3) is 0.333. The summed E-state index contributed by atoms with van der Waals surface area (Å²) < 4.78 is 5.23. The van der Waals surface area contributed by atoms with Gasteiger partial charge in [-0.15, -0.1) is 0 Å². The summed E-state index contributed by atoms with van der Waals surface area (Å²) in [5.41, 5.74) is 6.21. The Morgan fingerprint density at radius 2 is 2.19 bits per heavy atom. The first-order chi connectivity index (χ1) is 9.85. The van der Waals surface area contributed by atoms with Gasteiger partial charge < -0.3 is 15.8 Å². The first kappa shape index (κ1) is 15.4. The molecular weight excluding hydrogens is 290 g/mol. The number of anilines is 1. The van der Waals surface area contributed by atoms with E-state index < -0.39 is 5.41 Å². The molecule has 0 fully saturated rings. The number of nitrogens with two attached hydrogens (primary N) is 1. The number of halogens is 1. The van der Waals surface area contributed by atoms with Crippen LogP contribution in [0, 0.1) is 5.41 Å². The van der Waals surface area contributed by atoms with Crippen LogP contribution in [0.25, 0.3) is 10.9 Å². The van der Waals surface area contributed by atoms with Gasteiger partial charge in [0.15, 0.2) is 0 Å². The van der Waals surface area contributed by atoms with Crippen LogP contribution in [0.5, 0.6) is 5.75 Å². The molecule has 0 atom stereocenters. The molecule has 5 nitrogen and oxygen atoms in total. The van der Waals surface area contributed by atoms with Crippen LogP contribution in [0.3, 0.4) is 0 Å². The van der Waals surface area contributed by atoms with Crippen molar-refractivity contribution < 1.29 is 9.53 Å². The van der Waals surface area contributed by atoms with Gasteiger partial charge in [0.1, 0.15) is 5.75 Å². The first-order valence-corrected chi connectivity index (χ1v) is 6.89. The van der Waals surface area contributed by atoms with Crippen molar-refractivity contribution >= 4 is 34.1 Å². The quantitative estimate of drug-likeness (QED) is 0.890. The molecule has 2 rings (SSSR count). The first-order valence-electron chi connectivity index (χ1n) is 6.51. The second-order valence-corrected chi connectivity index (χ2v) is 5.87. The molecule has 0 saturated carbocycles. The fourth-order valence-corrected chi connectivity index (χ4v) is 2.07. The maximum Gasteiger partial charge on any atom is 0.224 e. The standard InChI is InChI=1S/C15H18ClN3O2/c1-15(2,14(17)20)8-19-13-10-6-9(21-3)4-5-12(10)18-7-11(13)16/h4-7H,8H2,1-3H3,(H2,17,20)(H,18,19). The number of hydrogen-bond acceptors (Lipinski definition) is 4. The number of carbonyl (C=O) groups excluding carboxylic acids is 1. The highest BCUT2D eigenvalue weighted by atomic mass is 35.5. The largest absolute Gasteiger partial charge is 0.497 e. The third kappa shape index (κ3) is 3.19.